The minimum Gasteiger partial charge on any atom is -0.404 e. The second-order valence-corrected chi connectivity index (χ2v) is 9.96. The summed E-state index contributed by atoms with van der Waals surface area (Å²) in [4.78, 5) is 20.3. The van der Waals surface area contributed by atoms with Gasteiger partial charge in [-0.25, -0.2) is 22.5 Å². The minimum atomic E-state index is -4.78. The van der Waals surface area contributed by atoms with Gasteiger partial charge in [0.25, 0.3) is 5.91 Å². The summed E-state index contributed by atoms with van der Waals surface area (Å²) in [6.07, 6.45) is -3.23. The highest BCUT2D eigenvalue weighted by molar-refractivity contribution is 7.90. The number of pyridine rings is 1. The number of nitrogens with one attached hydrogen (secondary N) is 1. The highest BCUT2D eigenvalue weighted by Gasteiger charge is 2.31. The smallest absolute Gasteiger partial charge is 0.404 e. The molecule has 8 nitrogen and oxygen atoms in total. The van der Waals surface area contributed by atoms with Crippen LogP contribution in [0, 0.1) is 5.82 Å². The third-order valence-corrected chi connectivity index (χ3v) is 6.84. The van der Waals surface area contributed by atoms with Gasteiger partial charge in [0, 0.05) is 32.7 Å². The Morgan fingerprint density at radius 1 is 1.11 bits per heavy atom. The molecule has 0 bridgehead atoms. The Hall–Kier alpha value is -2.93. The normalized spacial score (nSPS) is 15.2. The van der Waals surface area contributed by atoms with Gasteiger partial charge in [0.2, 0.25) is 10.0 Å². The van der Waals surface area contributed by atoms with E-state index in [1.54, 1.807) is 0 Å². The highest BCUT2D eigenvalue weighted by Crippen LogP contribution is 2.25. The number of hydrogen-bond acceptors (Lipinski definition) is 7. The average molecular weight is 519 g/mol. The molecular formula is C22H26F4N4O4S. The largest absolute Gasteiger partial charge is 0.573 e. The fourth-order valence-electron chi connectivity index (χ4n) is 3.71. The molecule has 0 radical (unpaired) electrons. The Kier molecular flexibility index (Phi) is 8.21. The second kappa shape index (κ2) is 10.8. The zero-order valence-corrected chi connectivity index (χ0v) is 20.0. The van der Waals surface area contributed by atoms with Gasteiger partial charge < -0.3 is 9.64 Å². The summed E-state index contributed by atoms with van der Waals surface area (Å²) in [5.41, 5.74) is 1.10. The Labute approximate surface area is 200 Å². The van der Waals surface area contributed by atoms with E-state index in [1.165, 1.54) is 31.2 Å². The van der Waals surface area contributed by atoms with Gasteiger partial charge in [-0.3, -0.25) is 9.69 Å². The van der Waals surface area contributed by atoms with Gasteiger partial charge in [-0.05, 0) is 48.7 Å². The van der Waals surface area contributed by atoms with Crippen LogP contribution in [0.2, 0.25) is 0 Å². The van der Waals surface area contributed by atoms with E-state index >= 15 is 0 Å². The maximum atomic E-state index is 14.7. The topological polar surface area (TPSA) is 91.8 Å². The standard InChI is InChI=1S/C22H26F4N4O4S/c1-3-15-11-18(21(31)28-35(32,33)4-2)19(23)12-16(15)14-29-7-9-30(10-8-29)20-6-5-17(13-27-20)34-22(24,25)26/h5-6,11-13H,3-4,7-10,14H2,1-2H3,(H,28,31). The van der Waals surface area contributed by atoms with Gasteiger partial charge in [-0.15, -0.1) is 13.2 Å². The van der Waals surface area contributed by atoms with E-state index < -0.39 is 33.9 Å². The summed E-state index contributed by atoms with van der Waals surface area (Å²) in [5, 5.41) is 0. The van der Waals surface area contributed by atoms with E-state index in [0.29, 0.717) is 50.5 Å². The number of piperazine rings is 1. The number of ether oxygens (including phenoxy) is 1. The van der Waals surface area contributed by atoms with Crippen molar-refractivity contribution in [2.45, 2.75) is 33.2 Å². The molecule has 2 aromatic rings. The van der Waals surface area contributed by atoms with Crippen molar-refractivity contribution in [1.29, 1.82) is 0 Å². The maximum absolute atomic E-state index is 14.7. The molecule has 1 saturated heterocycles. The van der Waals surface area contributed by atoms with E-state index in [0.717, 1.165) is 11.8 Å². The van der Waals surface area contributed by atoms with E-state index in [-0.39, 0.29) is 11.3 Å². The molecule has 1 aliphatic heterocycles. The molecule has 1 aromatic carbocycles. The van der Waals surface area contributed by atoms with Gasteiger partial charge in [-0.2, -0.15) is 0 Å². The molecular weight excluding hydrogens is 492 g/mol. The number of carbonyl (C=O) groups excluding carboxylic acids is 1. The lowest BCUT2D eigenvalue weighted by Crippen LogP contribution is -2.46. The number of anilines is 1. The first-order valence-electron chi connectivity index (χ1n) is 11.0. The SMILES string of the molecule is CCc1cc(C(=O)NS(=O)(=O)CC)c(F)cc1CN1CCN(c2ccc(OC(F)(F)F)cn2)CC1. The van der Waals surface area contributed by atoms with Crippen molar-refractivity contribution in [2.24, 2.45) is 0 Å². The van der Waals surface area contributed by atoms with Gasteiger partial charge in [-0.1, -0.05) is 6.92 Å². The number of rotatable bonds is 8. The number of aromatic nitrogens is 1. The maximum Gasteiger partial charge on any atom is 0.573 e. The van der Waals surface area contributed by atoms with Crippen LogP contribution < -0.4 is 14.4 Å². The summed E-state index contributed by atoms with van der Waals surface area (Å²) >= 11 is 0. The molecule has 192 valence electrons. The van der Waals surface area contributed by atoms with Crippen LogP contribution in [0.4, 0.5) is 23.4 Å². The Balaban J connectivity index is 1.63. The lowest BCUT2D eigenvalue weighted by molar-refractivity contribution is -0.274. The third kappa shape index (κ3) is 7.28. The van der Waals surface area contributed by atoms with Crippen molar-refractivity contribution >= 4 is 21.7 Å². The summed E-state index contributed by atoms with van der Waals surface area (Å²) in [6.45, 7) is 5.98. The number of benzene rings is 1. The quantitative estimate of drug-likeness (QED) is 0.537. The van der Waals surface area contributed by atoms with Crippen LogP contribution in [0.25, 0.3) is 0 Å². The first-order chi connectivity index (χ1) is 16.4. The molecule has 1 aliphatic rings. The Morgan fingerprint density at radius 3 is 2.34 bits per heavy atom. The van der Waals surface area contributed by atoms with Gasteiger partial charge >= 0.3 is 6.36 Å². The molecule has 3 rings (SSSR count). The van der Waals surface area contributed by atoms with Crippen molar-refractivity contribution < 1.29 is 35.5 Å². The summed E-state index contributed by atoms with van der Waals surface area (Å²) in [6, 6.07) is 5.32. The highest BCUT2D eigenvalue weighted by atomic mass is 32.2. The number of alkyl halides is 3. The van der Waals surface area contributed by atoms with E-state index in [4.69, 9.17) is 0 Å². The molecule has 0 unspecified atom stereocenters. The van der Waals surface area contributed by atoms with Crippen LogP contribution in [-0.4, -0.2) is 62.5 Å². The number of halogens is 4. The molecule has 2 heterocycles. The summed E-state index contributed by atoms with van der Waals surface area (Å²) < 4.78 is 80.6. The zero-order valence-electron chi connectivity index (χ0n) is 19.2. The van der Waals surface area contributed by atoms with E-state index in [9.17, 15) is 30.8 Å². The molecule has 1 fully saturated rings. The lowest BCUT2D eigenvalue weighted by Gasteiger charge is -2.35. The van der Waals surface area contributed by atoms with Crippen molar-refractivity contribution in [3.8, 4) is 5.75 Å². The Morgan fingerprint density at radius 2 is 1.80 bits per heavy atom. The minimum absolute atomic E-state index is 0.300. The molecule has 0 saturated carbocycles. The molecule has 1 amide bonds. The fraction of sp³-hybridized carbons (Fsp3) is 0.455. The van der Waals surface area contributed by atoms with Crippen molar-refractivity contribution in [1.82, 2.24) is 14.6 Å². The average Bonchev–Trinajstić information content (AvgIpc) is 2.79. The van der Waals surface area contributed by atoms with Gasteiger partial charge in [0.1, 0.15) is 17.4 Å². The molecule has 35 heavy (non-hydrogen) atoms. The number of amides is 1. The van der Waals surface area contributed by atoms with Crippen molar-refractivity contribution in [3.63, 3.8) is 0 Å². The molecule has 0 aliphatic carbocycles. The van der Waals surface area contributed by atoms with Crippen LogP contribution in [0.15, 0.2) is 30.5 Å². The second-order valence-electron chi connectivity index (χ2n) is 7.95. The zero-order chi connectivity index (χ0) is 25.8. The van der Waals surface area contributed by atoms with E-state index in [2.05, 4.69) is 14.6 Å². The molecule has 1 N–H and O–H groups in total. The predicted octanol–water partition coefficient (Wildman–Crippen LogP) is 3.08. The first kappa shape index (κ1) is 26.7. The van der Waals surface area contributed by atoms with Crippen LogP contribution in [0.1, 0.15) is 35.3 Å². The molecule has 0 spiro atoms. The van der Waals surface area contributed by atoms with Crippen molar-refractivity contribution in [3.05, 3.63) is 53.0 Å². The molecule has 13 heteroatoms. The number of sulfonamides is 1. The van der Waals surface area contributed by atoms with Gasteiger partial charge in [0.05, 0.1) is 17.5 Å². The Bertz CT molecular complexity index is 1150. The molecule has 1 aromatic heterocycles. The number of hydrogen-bond donors (Lipinski definition) is 1. The van der Waals surface area contributed by atoms with Gasteiger partial charge in [0.15, 0.2) is 0 Å². The predicted molar refractivity (Wildman–Crippen MR) is 121 cm³/mol. The number of carbonyl (C=O) groups is 1. The fourth-order valence-corrected chi connectivity index (χ4v) is 4.24. The molecule has 0 atom stereocenters. The lowest BCUT2D eigenvalue weighted by atomic mass is 10.00. The van der Waals surface area contributed by atoms with Crippen LogP contribution in [0.3, 0.4) is 0 Å². The van der Waals surface area contributed by atoms with Crippen LogP contribution in [0.5, 0.6) is 5.75 Å². The number of nitrogens with zero attached hydrogens (tertiary/aromatic N) is 3. The third-order valence-electron chi connectivity index (χ3n) is 5.59. The monoisotopic (exact) mass is 518 g/mol. The van der Waals surface area contributed by atoms with Crippen LogP contribution >= 0.6 is 0 Å². The van der Waals surface area contributed by atoms with E-state index in [1.807, 2.05) is 16.5 Å². The van der Waals surface area contributed by atoms with Crippen molar-refractivity contribution in [2.75, 3.05) is 36.8 Å². The summed E-state index contributed by atoms with van der Waals surface area (Å²) in [7, 11) is -3.82. The summed E-state index contributed by atoms with van der Waals surface area (Å²) in [5.74, 6) is -1.97. The number of aryl methyl sites for hydroxylation is 1. The van der Waals surface area contributed by atoms with Crippen LogP contribution in [-0.2, 0) is 23.0 Å². The first-order valence-corrected chi connectivity index (χ1v) is 12.6.